The first-order valence-corrected chi connectivity index (χ1v) is 7.01. The van der Waals surface area contributed by atoms with Crippen LogP contribution in [0.2, 0.25) is 0 Å². The van der Waals surface area contributed by atoms with E-state index < -0.39 is 4.84 Å². The summed E-state index contributed by atoms with van der Waals surface area (Å²) in [7, 11) is 0. The van der Waals surface area contributed by atoms with Crippen molar-refractivity contribution in [2.24, 2.45) is 0 Å². The van der Waals surface area contributed by atoms with Crippen LogP contribution >= 0.6 is 23.2 Å². The molecular formula is C16H16Cl2O. The summed E-state index contributed by atoms with van der Waals surface area (Å²) in [6.45, 7) is 4.58. The Morgan fingerprint density at radius 3 is 2.47 bits per heavy atom. The highest BCUT2D eigenvalue weighted by molar-refractivity contribution is 6.44. The van der Waals surface area contributed by atoms with Crippen molar-refractivity contribution in [3.05, 3.63) is 64.7 Å². The lowest BCUT2D eigenvalue weighted by atomic mass is 10.1. The minimum atomic E-state index is -0.529. The Morgan fingerprint density at radius 1 is 1.05 bits per heavy atom. The summed E-state index contributed by atoms with van der Waals surface area (Å²) >= 11 is 11.9. The second-order valence-electron chi connectivity index (χ2n) is 4.56. The molecule has 100 valence electrons. The first-order chi connectivity index (χ1) is 9.08. The maximum atomic E-state index is 5.95. The summed E-state index contributed by atoms with van der Waals surface area (Å²) < 4.78 is 5.85. The van der Waals surface area contributed by atoms with Gasteiger partial charge in [0.05, 0.1) is 0 Å². The van der Waals surface area contributed by atoms with Gasteiger partial charge in [-0.2, -0.15) is 0 Å². The van der Waals surface area contributed by atoms with Gasteiger partial charge in [0.1, 0.15) is 17.2 Å². The molecule has 0 aliphatic heterocycles. The summed E-state index contributed by atoms with van der Waals surface area (Å²) in [6.07, 6.45) is 0. The van der Waals surface area contributed by atoms with E-state index >= 15 is 0 Å². The van der Waals surface area contributed by atoms with Crippen molar-refractivity contribution in [2.75, 3.05) is 0 Å². The van der Waals surface area contributed by atoms with Gasteiger partial charge in [-0.25, -0.2) is 0 Å². The quantitative estimate of drug-likeness (QED) is 0.690. The number of ether oxygens (including phenoxy) is 1. The lowest BCUT2D eigenvalue weighted by Gasteiger charge is -2.13. The fourth-order valence-electron chi connectivity index (χ4n) is 2.00. The molecule has 2 aromatic rings. The summed E-state index contributed by atoms with van der Waals surface area (Å²) in [5, 5.41) is 0. The average Bonchev–Trinajstić information content (AvgIpc) is 2.38. The van der Waals surface area contributed by atoms with Gasteiger partial charge < -0.3 is 4.74 Å². The van der Waals surface area contributed by atoms with Crippen molar-refractivity contribution < 1.29 is 4.74 Å². The van der Waals surface area contributed by atoms with Crippen molar-refractivity contribution >= 4 is 23.2 Å². The summed E-state index contributed by atoms with van der Waals surface area (Å²) in [4.78, 5) is -0.529. The van der Waals surface area contributed by atoms with Crippen LogP contribution in [-0.2, 0) is 6.61 Å². The Morgan fingerprint density at radius 2 is 1.79 bits per heavy atom. The summed E-state index contributed by atoms with van der Waals surface area (Å²) in [5.41, 5.74) is 4.27. The molecule has 0 bridgehead atoms. The van der Waals surface area contributed by atoms with E-state index in [0.29, 0.717) is 6.61 Å². The number of halogens is 2. The lowest BCUT2D eigenvalue weighted by Crippen LogP contribution is -2.01. The topological polar surface area (TPSA) is 9.23 Å². The third-order valence-electron chi connectivity index (χ3n) is 3.00. The zero-order valence-corrected chi connectivity index (χ0v) is 12.5. The summed E-state index contributed by atoms with van der Waals surface area (Å²) in [5.74, 6) is 0.890. The zero-order chi connectivity index (χ0) is 13.8. The molecule has 0 heterocycles. The standard InChI is InChI=1S/C16H16Cl2O/c1-11-7-8-15(12(2)9-11)19-10-13-5-3-4-6-14(13)16(17)18/h3-9,16H,10H2,1-2H3. The third-order valence-corrected chi connectivity index (χ3v) is 3.47. The molecule has 3 heteroatoms. The first-order valence-electron chi connectivity index (χ1n) is 6.14. The van der Waals surface area contributed by atoms with Gasteiger partial charge in [-0.05, 0) is 36.6 Å². The first kappa shape index (κ1) is 14.2. The van der Waals surface area contributed by atoms with E-state index in [1.165, 1.54) is 5.56 Å². The van der Waals surface area contributed by atoms with Crippen LogP contribution in [0.15, 0.2) is 42.5 Å². The predicted octanol–water partition coefficient (Wildman–Crippen LogP) is 5.36. The molecule has 0 unspecified atom stereocenters. The predicted molar refractivity (Wildman–Crippen MR) is 81.1 cm³/mol. The molecule has 0 aliphatic carbocycles. The number of aryl methyl sites for hydroxylation is 2. The van der Waals surface area contributed by atoms with Gasteiger partial charge >= 0.3 is 0 Å². The number of alkyl halides is 2. The maximum Gasteiger partial charge on any atom is 0.133 e. The fourth-order valence-corrected chi connectivity index (χ4v) is 2.42. The van der Waals surface area contributed by atoms with Crippen LogP contribution in [0.4, 0.5) is 0 Å². The van der Waals surface area contributed by atoms with Gasteiger partial charge in [-0.15, -0.1) is 23.2 Å². The average molecular weight is 295 g/mol. The molecule has 0 aliphatic rings. The molecule has 0 aromatic heterocycles. The smallest absolute Gasteiger partial charge is 0.133 e. The second-order valence-corrected chi connectivity index (χ2v) is 5.65. The van der Waals surface area contributed by atoms with Gasteiger partial charge in [-0.3, -0.25) is 0 Å². The van der Waals surface area contributed by atoms with Crippen LogP contribution in [-0.4, -0.2) is 0 Å². The molecule has 0 radical (unpaired) electrons. The lowest BCUT2D eigenvalue weighted by molar-refractivity contribution is 0.303. The van der Waals surface area contributed by atoms with Gasteiger partial charge in [0.2, 0.25) is 0 Å². The van der Waals surface area contributed by atoms with E-state index in [1.807, 2.05) is 43.3 Å². The van der Waals surface area contributed by atoms with Crippen LogP contribution in [0.25, 0.3) is 0 Å². The molecule has 0 amide bonds. The monoisotopic (exact) mass is 294 g/mol. The summed E-state index contributed by atoms with van der Waals surface area (Å²) in [6, 6.07) is 13.9. The second kappa shape index (κ2) is 6.31. The van der Waals surface area contributed by atoms with E-state index in [-0.39, 0.29) is 0 Å². The molecule has 2 aromatic carbocycles. The minimum Gasteiger partial charge on any atom is -0.489 e. The molecule has 0 saturated heterocycles. The van der Waals surface area contributed by atoms with Gasteiger partial charge in [0.15, 0.2) is 0 Å². The molecular weight excluding hydrogens is 279 g/mol. The third kappa shape index (κ3) is 3.65. The van der Waals surface area contributed by atoms with Crippen LogP contribution in [0.5, 0.6) is 5.75 Å². The van der Waals surface area contributed by atoms with E-state index in [4.69, 9.17) is 27.9 Å². The number of rotatable bonds is 4. The Balaban J connectivity index is 2.14. The highest BCUT2D eigenvalue weighted by atomic mass is 35.5. The van der Waals surface area contributed by atoms with Crippen molar-refractivity contribution in [3.8, 4) is 5.75 Å². The molecule has 2 rings (SSSR count). The van der Waals surface area contributed by atoms with E-state index in [0.717, 1.165) is 22.4 Å². The molecule has 0 spiro atoms. The van der Waals surface area contributed by atoms with Gasteiger partial charge in [0.25, 0.3) is 0 Å². The normalized spacial score (nSPS) is 10.8. The molecule has 0 saturated carbocycles. The van der Waals surface area contributed by atoms with E-state index in [1.54, 1.807) is 0 Å². The highest BCUT2D eigenvalue weighted by Crippen LogP contribution is 2.29. The van der Waals surface area contributed by atoms with Crippen LogP contribution in [0.1, 0.15) is 27.1 Å². The highest BCUT2D eigenvalue weighted by Gasteiger charge is 2.10. The number of benzene rings is 2. The van der Waals surface area contributed by atoms with Crippen molar-refractivity contribution in [1.29, 1.82) is 0 Å². The number of hydrogen-bond acceptors (Lipinski definition) is 1. The van der Waals surface area contributed by atoms with Crippen molar-refractivity contribution in [3.63, 3.8) is 0 Å². The fraction of sp³-hybridized carbons (Fsp3) is 0.250. The Kier molecular flexibility index (Phi) is 4.73. The molecule has 0 N–H and O–H groups in total. The minimum absolute atomic E-state index is 0.468. The van der Waals surface area contributed by atoms with Crippen LogP contribution < -0.4 is 4.74 Å². The Hall–Kier alpha value is -1.18. The molecule has 0 fully saturated rings. The van der Waals surface area contributed by atoms with Crippen molar-refractivity contribution in [2.45, 2.75) is 25.3 Å². The SMILES string of the molecule is Cc1ccc(OCc2ccccc2C(Cl)Cl)c(C)c1. The van der Waals surface area contributed by atoms with E-state index in [9.17, 15) is 0 Å². The largest absolute Gasteiger partial charge is 0.489 e. The number of hydrogen-bond donors (Lipinski definition) is 0. The van der Waals surface area contributed by atoms with Crippen molar-refractivity contribution in [1.82, 2.24) is 0 Å². The Bertz CT molecular complexity index is 564. The van der Waals surface area contributed by atoms with E-state index in [2.05, 4.69) is 13.0 Å². The van der Waals surface area contributed by atoms with Gasteiger partial charge in [0, 0.05) is 0 Å². The zero-order valence-electron chi connectivity index (χ0n) is 11.0. The molecule has 1 nitrogen and oxygen atoms in total. The molecule has 0 atom stereocenters. The molecule has 19 heavy (non-hydrogen) atoms. The Labute approximate surface area is 124 Å². The van der Waals surface area contributed by atoms with Gasteiger partial charge in [-0.1, -0.05) is 42.0 Å². The van der Waals surface area contributed by atoms with Crippen LogP contribution in [0, 0.1) is 13.8 Å². The van der Waals surface area contributed by atoms with Crippen LogP contribution in [0.3, 0.4) is 0 Å². The maximum absolute atomic E-state index is 5.95.